The van der Waals surface area contributed by atoms with Gasteiger partial charge in [-0.25, -0.2) is 13.1 Å². The van der Waals surface area contributed by atoms with E-state index in [0.717, 1.165) is 5.56 Å². The Balaban J connectivity index is 2.11. The van der Waals surface area contributed by atoms with E-state index in [4.69, 9.17) is 9.47 Å². The van der Waals surface area contributed by atoms with Gasteiger partial charge in [0.05, 0.1) is 12.9 Å². The van der Waals surface area contributed by atoms with E-state index in [1.165, 1.54) is 7.11 Å². The van der Waals surface area contributed by atoms with Gasteiger partial charge < -0.3 is 14.8 Å². The first-order valence-corrected chi connectivity index (χ1v) is 11.2. The Labute approximate surface area is 178 Å². The molecule has 1 amide bonds. The number of carbonyl (C=O) groups is 1. The highest BCUT2D eigenvalue weighted by Crippen LogP contribution is 2.28. The Kier molecular flexibility index (Phi) is 8.44. The molecule has 2 aromatic carbocycles. The molecular weight excluding hydrogens is 404 g/mol. The Morgan fingerprint density at radius 2 is 1.83 bits per heavy atom. The lowest BCUT2D eigenvalue weighted by molar-refractivity contribution is 0.0950. The van der Waals surface area contributed by atoms with Crippen LogP contribution in [0, 0.1) is 0 Å². The Morgan fingerprint density at radius 1 is 1.13 bits per heavy atom. The smallest absolute Gasteiger partial charge is 0.251 e. The molecule has 0 aliphatic heterocycles. The molecule has 2 rings (SSSR count). The highest BCUT2D eigenvalue weighted by molar-refractivity contribution is 7.88. The predicted molar refractivity (Wildman–Crippen MR) is 117 cm³/mol. The molecule has 0 aliphatic rings. The van der Waals surface area contributed by atoms with Crippen molar-refractivity contribution >= 4 is 15.9 Å². The van der Waals surface area contributed by atoms with E-state index >= 15 is 0 Å². The summed E-state index contributed by atoms with van der Waals surface area (Å²) in [6, 6.07) is 11.8. The van der Waals surface area contributed by atoms with Crippen LogP contribution in [0.3, 0.4) is 0 Å². The van der Waals surface area contributed by atoms with E-state index in [-0.39, 0.29) is 24.2 Å². The molecule has 0 spiro atoms. The topological polar surface area (TPSA) is 93.7 Å². The van der Waals surface area contributed by atoms with Crippen LogP contribution >= 0.6 is 0 Å². The molecule has 0 bridgehead atoms. The number of carbonyl (C=O) groups excluding carboxylic acids is 1. The molecule has 30 heavy (non-hydrogen) atoms. The van der Waals surface area contributed by atoms with Crippen LogP contribution in [0.1, 0.15) is 35.3 Å². The van der Waals surface area contributed by atoms with Gasteiger partial charge in [0.25, 0.3) is 5.91 Å². The maximum Gasteiger partial charge on any atom is 0.251 e. The predicted octanol–water partition coefficient (Wildman–Crippen LogP) is 3.02. The molecule has 0 heterocycles. The molecule has 0 saturated carbocycles. The van der Waals surface area contributed by atoms with Crippen LogP contribution in [-0.2, 0) is 22.3 Å². The summed E-state index contributed by atoms with van der Waals surface area (Å²) in [5.74, 6) is 0.500. The van der Waals surface area contributed by atoms with Crippen molar-refractivity contribution in [1.29, 1.82) is 0 Å². The van der Waals surface area contributed by atoms with Gasteiger partial charge in [-0.3, -0.25) is 4.79 Å². The molecule has 0 unspecified atom stereocenters. The van der Waals surface area contributed by atoms with E-state index in [1.54, 1.807) is 56.3 Å². The summed E-state index contributed by atoms with van der Waals surface area (Å²) in [6.07, 6.45) is 1.62. The van der Waals surface area contributed by atoms with Crippen molar-refractivity contribution in [3.05, 3.63) is 71.8 Å². The number of hydrogen-bond acceptors (Lipinski definition) is 5. The van der Waals surface area contributed by atoms with Crippen LogP contribution in [-0.4, -0.2) is 34.1 Å². The molecule has 7 nitrogen and oxygen atoms in total. The van der Waals surface area contributed by atoms with Gasteiger partial charge in [0.15, 0.2) is 11.5 Å². The van der Waals surface area contributed by atoms with Crippen LogP contribution < -0.4 is 19.5 Å². The maximum absolute atomic E-state index is 12.6. The molecule has 2 N–H and O–H groups in total. The van der Waals surface area contributed by atoms with Crippen LogP contribution in [0.15, 0.2) is 55.1 Å². The summed E-state index contributed by atoms with van der Waals surface area (Å²) < 4.78 is 37.9. The average Bonchev–Trinajstić information content (AvgIpc) is 2.69. The second-order valence-corrected chi connectivity index (χ2v) is 8.70. The molecule has 0 radical (unpaired) electrons. The van der Waals surface area contributed by atoms with Gasteiger partial charge in [-0.05, 0) is 43.2 Å². The van der Waals surface area contributed by atoms with E-state index in [9.17, 15) is 13.2 Å². The van der Waals surface area contributed by atoms with Crippen molar-refractivity contribution in [2.24, 2.45) is 0 Å². The summed E-state index contributed by atoms with van der Waals surface area (Å²) in [7, 11) is -1.97. The third-order valence-electron chi connectivity index (χ3n) is 4.10. The zero-order chi connectivity index (χ0) is 22.1. The minimum atomic E-state index is -3.47. The highest BCUT2D eigenvalue weighted by Gasteiger charge is 2.16. The number of ether oxygens (including phenoxy) is 2. The van der Waals surface area contributed by atoms with Gasteiger partial charge in [-0.15, -0.1) is 0 Å². The number of amides is 1. The summed E-state index contributed by atoms with van der Waals surface area (Å²) in [5.41, 5.74) is 1.78. The molecule has 0 aliphatic carbocycles. The molecule has 0 aromatic heterocycles. The second-order valence-electron chi connectivity index (χ2n) is 6.95. The molecule has 2 aromatic rings. The Hall–Kier alpha value is -2.84. The Morgan fingerprint density at radius 3 is 2.47 bits per heavy atom. The second kappa shape index (κ2) is 10.8. The monoisotopic (exact) mass is 432 g/mol. The molecular formula is C22H28N2O5S. The van der Waals surface area contributed by atoms with Crippen molar-refractivity contribution in [2.45, 2.75) is 32.2 Å². The minimum absolute atomic E-state index is 0.152. The van der Waals surface area contributed by atoms with Gasteiger partial charge in [0.1, 0.15) is 6.61 Å². The third-order valence-corrected chi connectivity index (χ3v) is 5.62. The maximum atomic E-state index is 12.6. The van der Waals surface area contributed by atoms with Crippen molar-refractivity contribution in [3.63, 3.8) is 0 Å². The zero-order valence-electron chi connectivity index (χ0n) is 17.5. The van der Waals surface area contributed by atoms with Crippen molar-refractivity contribution in [2.75, 3.05) is 13.7 Å². The number of methoxy groups -OCH3 is 1. The van der Waals surface area contributed by atoms with Gasteiger partial charge in [0.2, 0.25) is 10.0 Å². The van der Waals surface area contributed by atoms with Crippen LogP contribution in [0.25, 0.3) is 0 Å². The fourth-order valence-electron chi connectivity index (χ4n) is 2.83. The van der Waals surface area contributed by atoms with Gasteiger partial charge >= 0.3 is 0 Å². The highest BCUT2D eigenvalue weighted by atomic mass is 32.2. The van der Waals surface area contributed by atoms with Gasteiger partial charge in [-0.1, -0.05) is 36.9 Å². The van der Waals surface area contributed by atoms with Gasteiger partial charge in [-0.2, -0.15) is 0 Å². The number of benzene rings is 2. The van der Waals surface area contributed by atoms with Crippen molar-refractivity contribution in [1.82, 2.24) is 10.0 Å². The molecule has 162 valence electrons. The summed E-state index contributed by atoms with van der Waals surface area (Å²) in [6.45, 7) is 7.67. The van der Waals surface area contributed by atoms with Crippen LogP contribution in [0.2, 0.25) is 0 Å². The standard InChI is InChI=1S/C22H28N2O5S/c1-5-12-29-20-11-10-17(13-21(20)28-4)22(25)23-14-18-8-6-7-9-19(18)15-30(26,27)24-16(2)3/h5-11,13,16,24H,1,12,14-15H2,2-4H3,(H,23,25). The SMILES string of the molecule is C=CCOc1ccc(C(=O)NCc2ccccc2CS(=O)(=O)NC(C)C)cc1OC. The lowest BCUT2D eigenvalue weighted by Gasteiger charge is -2.14. The first-order valence-electron chi connectivity index (χ1n) is 9.52. The Bertz CT molecular complexity index is 987. The van der Waals surface area contributed by atoms with Crippen LogP contribution in [0.4, 0.5) is 0 Å². The normalized spacial score (nSPS) is 11.2. The summed E-state index contributed by atoms with van der Waals surface area (Å²) in [5, 5.41) is 2.83. The third kappa shape index (κ3) is 6.89. The van der Waals surface area contributed by atoms with E-state index < -0.39 is 10.0 Å². The largest absolute Gasteiger partial charge is 0.493 e. The quantitative estimate of drug-likeness (QED) is 0.533. The number of sulfonamides is 1. The fourth-order valence-corrected chi connectivity index (χ4v) is 4.32. The molecule has 8 heteroatoms. The molecule has 0 fully saturated rings. The lowest BCUT2D eigenvalue weighted by atomic mass is 10.1. The number of hydrogen-bond donors (Lipinski definition) is 2. The minimum Gasteiger partial charge on any atom is -0.493 e. The summed E-state index contributed by atoms with van der Waals surface area (Å²) in [4.78, 5) is 12.6. The first kappa shape index (κ1) is 23.4. The lowest BCUT2D eigenvalue weighted by Crippen LogP contribution is -2.32. The molecule has 0 saturated heterocycles. The first-order chi connectivity index (χ1) is 14.3. The van der Waals surface area contributed by atoms with E-state index in [1.807, 2.05) is 6.07 Å². The zero-order valence-corrected chi connectivity index (χ0v) is 18.3. The number of rotatable bonds is 11. The van der Waals surface area contributed by atoms with E-state index in [0.29, 0.717) is 29.2 Å². The summed E-state index contributed by atoms with van der Waals surface area (Å²) >= 11 is 0. The molecule has 0 atom stereocenters. The number of nitrogens with one attached hydrogen (secondary N) is 2. The fraction of sp³-hybridized carbons (Fsp3) is 0.318. The van der Waals surface area contributed by atoms with Gasteiger partial charge in [0, 0.05) is 18.2 Å². The van der Waals surface area contributed by atoms with Crippen molar-refractivity contribution in [3.8, 4) is 11.5 Å². The van der Waals surface area contributed by atoms with Crippen molar-refractivity contribution < 1.29 is 22.7 Å². The average molecular weight is 433 g/mol. The van der Waals surface area contributed by atoms with E-state index in [2.05, 4.69) is 16.6 Å². The van der Waals surface area contributed by atoms with Crippen LogP contribution in [0.5, 0.6) is 11.5 Å².